The van der Waals surface area contributed by atoms with Gasteiger partial charge in [0.2, 0.25) is 0 Å². The summed E-state index contributed by atoms with van der Waals surface area (Å²) in [6, 6.07) is 21.8. The van der Waals surface area contributed by atoms with Crippen LogP contribution in [0, 0.1) is 0 Å². The second-order valence-corrected chi connectivity index (χ2v) is 6.17. The number of nitrogens with zero attached hydrogens (tertiary/aromatic N) is 1. The number of hydrogen-bond acceptors (Lipinski definition) is 4. The van der Waals surface area contributed by atoms with Gasteiger partial charge in [0, 0.05) is 16.5 Å². The van der Waals surface area contributed by atoms with Crippen LogP contribution in [0.2, 0.25) is 0 Å². The predicted molar refractivity (Wildman–Crippen MR) is 105 cm³/mol. The van der Waals surface area contributed by atoms with Crippen LogP contribution in [0.3, 0.4) is 0 Å². The van der Waals surface area contributed by atoms with Crippen molar-refractivity contribution in [3.8, 4) is 11.1 Å². The van der Waals surface area contributed by atoms with E-state index >= 15 is 0 Å². The number of aromatic nitrogens is 2. The van der Waals surface area contributed by atoms with Crippen LogP contribution in [0.5, 0.6) is 0 Å². The minimum atomic E-state index is -0.639. The number of hydrogen-bond donors (Lipinski definition) is 4. The van der Waals surface area contributed by atoms with Crippen LogP contribution < -0.4 is 10.8 Å². The first kappa shape index (κ1) is 17.4. The average molecular weight is 372 g/mol. The summed E-state index contributed by atoms with van der Waals surface area (Å²) in [5.74, 6) is -0.562. The summed E-state index contributed by atoms with van der Waals surface area (Å²) in [4.78, 5) is 23.8. The zero-order valence-corrected chi connectivity index (χ0v) is 14.6. The van der Waals surface area contributed by atoms with Crippen LogP contribution in [0.15, 0.2) is 72.8 Å². The quantitative estimate of drug-likeness (QED) is 0.324. The Balaban J connectivity index is 1.56. The van der Waals surface area contributed by atoms with Gasteiger partial charge < -0.3 is 5.32 Å². The fraction of sp³-hybridized carbons (Fsp3) is 0. The van der Waals surface area contributed by atoms with Crippen molar-refractivity contribution in [2.75, 3.05) is 5.32 Å². The highest BCUT2D eigenvalue weighted by Crippen LogP contribution is 2.27. The zero-order valence-electron chi connectivity index (χ0n) is 14.6. The SMILES string of the molecule is O=C(NO)c1ccc(C(=O)Nc2n[nH]c3cc(-c4ccccc4)ccc23)cc1. The number of rotatable bonds is 4. The minimum Gasteiger partial charge on any atom is -0.305 e. The lowest BCUT2D eigenvalue weighted by Gasteiger charge is -2.05. The van der Waals surface area contributed by atoms with Gasteiger partial charge in [-0.05, 0) is 47.5 Å². The number of amides is 2. The van der Waals surface area contributed by atoms with Crippen LogP contribution >= 0.6 is 0 Å². The van der Waals surface area contributed by atoms with Gasteiger partial charge in [0.15, 0.2) is 5.82 Å². The molecule has 1 aromatic heterocycles. The van der Waals surface area contributed by atoms with Crippen LogP contribution in [-0.4, -0.2) is 27.2 Å². The summed E-state index contributed by atoms with van der Waals surface area (Å²) in [6.45, 7) is 0. The Morgan fingerprint density at radius 1 is 0.821 bits per heavy atom. The van der Waals surface area contributed by atoms with E-state index < -0.39 is 5.91 Å². The molecule has 28 heavy (non-hydrogen) atoms. The Hall–Kier alpha value is -3.97. The summed E-state index contributed by atoms with van der Waals surface area (Å²) in [5.41, 5.74) is 5.12. The molecule has 2 amide bonds. The van der Waals surface area contributed by atoms with E-state index in [1.165, 1.54) is 24.3 Å². The van der Waals surface area contributed by atoms with E-state index in [0.717, 1.165) is 22.0 Å². The number of carbonyl (C=O) groups is 2. The molecule has 0 atom stereocenters. The number of anilines is 1. The van der Waals surface area contributed by atoms with E-state index in [2.05, 4.69) is 15.5 Å². The van der Waals surface area contributed by atoms with Crippen molar-refractivity contribution < 1.29 is 14.8 Å². The van der Waals surface area contributed by atoms with Gasteiger partial charge in [0.1, 0.15) is 0 Å². The van der Waals surface area contributed by atoms with Crippen LogP contribution in [0.25, 0.3) is 22.0 Å². The third-order valence-electron chi connectivity index (χ3n) is 4.41. The highest BCUT2D eigenvalue weighted by Gasteiger charge is 2.13. The lowest BCUT2D eigenvalue weighted by Crippen LogP contribution is -2.19. The Kier molecular flexibility index (Phi) is 4.57. The Morgan fingerprint density at radius 2 is 1.50 bits per heavy atom. The van der Waals surface area contributed by atoms with Crippen molar-refractivity contribution in [3.05, 3.63) is 83.9 Å². The molecular weight excluding hydrogens is 356 g/mol. The van der Waals surface area contributed by atoms with Gasteiger partial charge in [-0.1, -0.05) is 36.4 Å². The molecule has 0 spiro atoms. The normalized spacial score (nSPS) is 10.6. The number of nitrogens with one attached hydrogen (secondary N) is 3. The Labute approximate surface area is 160 Å². The van der Waals surface area contributed by atoms with Crippen LogP contribution in [-0.2, 0) is 0 Å². The standard InChI is InChI=1S/C21H16N4O3/c26-20(14-6-8-15(9-7-14)21(27)25-28)22-19-17-11-10-16(12-18(17)23-24-19)13-4-2-1-3-5-13/h1-12,28H,(H,25,27)(H2,22,23,24,26). The molecule has 3 aromatic carbocycles. The Bertz CT molecular complexity index is 1150. The molecule has 7 heteroatoms. The molecule has 0 aliphatic rings. The molecule has 0 unspecified atom stereocenters. The second kappa shape index (κ2) is 7.34. The number of carbonyl (C=O) groups excluding carboxylic acids is 2. The fourth-order valence-electron chi connectivity index (χ4n) is 2.94. The number of H-pyrrole nitrogens is 1. The van der Waals surface area contributed by atoms with Crippen molar-refractivity contribution >= 4 is 28.5 Å². The third kappa shape index (κ3) is 3.34. The highest BCUT2D eigenvalue weighted by molar-refractivity contribution is 6.08. The van der Waals surface area contributed by atoms with Gasteiger partial charge in [-0.2, -0.15) is 5.10 Å². The van der Waals surface area contributed by atoms with Crippen molar-refractivity contribution in [2.45, 2.75) is 0 Å². The smallest absolute Gasteiger partial charge is 0.274 e. The van der Waals surface area contributed by atoms with Crippen molar-refractivity contribution in [1.82, 2.24) is 15.7 Å². The lowest BCUT2D eigenvalue weighted by atomic mass is 10.0. The highest BCUT2D eigenvalue weighted by atomic mass is 16.5. The fourth-order valence-corrected chi connectivity index (χ4v) is 2.94. The topological polar surface area (TPSA) is 107 Å². The number of hydroxylamine groups is 1. The van der Waals surface area contributed by atoms with E-state index in [0.29, 0.717) is 11.4 Å². The number of aromatic amines is 1. The molecule has 0 saturated carbocycles. The molecular formula is C21H16N4O3. The molecule has 0 saturated heterocycles. The maximum Gasteiger partial charge on any atom is 0.274 e. The molecule has 4 N–H and O–H groups in total. The summed E-state index contributed by atoms with van der Waals surface area (Å²) >= 11 is 0. The van der Waals surface area contributed by atoms with E-state index in [-0.39, 0.29) is 11.5 Å². The predicted octanol–water partition coefficient (Wildman–Crippen LogP) is 3.60. The van der Waals surface area contributed by atoms with Crippen molar-refractivity contribution in [1.29, 1.82) is 0 Å². The van der Waals surface area contributed by atoms with E-state index in [9.17, 15) is 9.59 Å². The molecule has 4 aromatic rings. The summed E-state index contributed by atoms with van der Waals surface area (Å²) in [5, 5.41) is 19.3. The summed E-state index contributed by atoms with van der Waals surface area (Å²) < 4.78 is 0. The number of fused-ring (bicyclic) bond motifs is 1. The molecule has 0 aliphatic heterocycles. The van der Waals surface area contributed by atoms with E-state index in [1.54, 1.807) is 5.48 Å². The van der Waals surface area contributed by atoms with Gasteiger partial charge in [-0.15, -0.1) is 0 Å². The van der Waals surface area contributed by atoms with Crippen molar-refractivity contribution in [3.63, 3.8) is 0 Å². The van der Waals surface area contributed by atoms with Gasteiger partial charge in [0.05, 0.1) is 5.52 Å². The maximum absolute atomic E-state index is 12.5. The number of benzene rings is 3. The van der Waals surface area contributed by atoms with Gasteiger partial charge >= 0.3 is 0 Å². The van der Waals surface area contributed by atoms with Crippen molar-refractivity contribution in [2.24, 2.45) is 0 Å². The van der Waals surface area contributed by atoms with E-state index in [4.69, 9.17) is 5.21 Å². The molecule has 1 heterocycles. The van der Waals surface area contributed by atoms with Crippen LogP contribution in [0.1, 0.15) is 20.7 Å². The molecule has 0 aliphatic carbocycles. The molecule has 7 nitrogen and oxygen atoms in total. The third-order valence-corrected chi connectivity index (χ3v) is 4.41. The van der Waals surface area contributed by atoms with Gasteiger partial charge in [0.25, 0.3) is 11.8 Å². The van der Waals surface area contributed by atoms with Gasteiger partial charge in [-0.25, -0.2) is 5.48 Å². The minimum absolute atomic E-state index is 0.248. The largest absolute Gasteiger partial charge is 0.305 e. The monoisotopic (exact) mass is 372 g/mol. The Morgan fingerprint density at radius 3 is 2.18 bits per heavy atom. The van der Waals surface area contributed by atoms with Crippen LogP contribution in [0.4, 0.5) is 5.82 Å². The molecule has 138 valence electrons. The lowest BCUT2D eigenvalue weighted by molar-refractivity contribution is 0.0706. The molecule has 4 rings (SSSR count). The average Bonchev–Trinajstić information content (AvgIpc) is 3.15. The van der Waals surface area contributed by atoms with E-state index in [1.807, 2.05) is 48.5 Å². The second-order valence-electron chi connectivity index (χ2n) is 6.17. The summed E-state index contributed by atoms with van der Waals surface area (Å²) in [7, 11) is 0. The molecule has 0 fully saturated rings. The molecule has 0 bridgehead atoms. The maximum atomic E-state index is 12.5. The first-order valence-corrected chi connectivity index (χ1v) is 8.55. The first-order chi connectivity index (χ1) is 13.7. The van der Waals surface area contributed by atoms with Gasteiger partial charge in [-0.3, -0.25) is 19.9 Å². The first-order valence-electron chi connectivity index (χ1n) is 8.55. The zero-order chi connectivity index (χ0) is 19.5. The summed E-state index contributed by atoms with van der Waals surface area (Å²) in [6.07, 6.45) is 0. The molecule has 0 radical (unpaired) electrons.